The molecule has 4 rings (SSSR count). The number of carbonyl (C=O) groups is 2. The molecule has 0 saturated carbocycles. The minimum absolute atomic E-state index is 0.172. The lowest BCUT2D eigenvalue weighted by molar-refractivity contribution is -0.137. The van der Waals surface area contributed by atoms with E-state index >= 15 is 0 Å². The van der Waals surface area contributed by atoms with Crippen molar-refractivity contribution in [3.63, 3.8) is 0 Å². The van der Waals surface area contributed by atoms with Crippen molar-refractivity contribution in [1.82, 2.24) is 9.88 Å². The van der Waals surface area contributed by atoms with Crippen LogP contribution in [-0.4, -0.2) is 28.8 Å². The average Bonchev–Trinajstić information content (AvgIpc) is 3.00. The molecule has 0 saturated heterocycles. The summed E-state index contributed by atoms with van der Waals surface area (Å²) in [7, 11) is 1.57. The van der Waals surface area contributed by atoms with Crippen LogP contribution in [0.4, 0.5) is 5.69 Å². The summed E-state index contributed by atoms with van der Waals surface area (Å²) in [6.07, 6.45) is 3.29. The van der Waals surface area contributed by atoms with Crippen molar-refractivity contribution < 1.29 is 14.3 Å². The van der Waals surface area contributed by atoms with E-state index < -0.39 is 0 Å². The van der Waals surface area contributed by atoms with Crippen LogP contribution in [0, 0.1) is 13.8 Å². The number of aromatic nitrogens is 1. The van der Waals surface area contributed by atoms with Crippen LogP contribution in [0.5, 0.6) is 5.75 Å². The minimum atomic E-state index is -0.374. The largest absolute Gasteiger partial charge is 0.495 e. The summed E-state index contributed by atoms with van der Waals surface area (Å²) in [5.41, 5.74) is 4.82. The highest BCUT2D eigenvalue weighted by molar-refractivity contribution is 6.36. The van der Waals surface area contributed by atoms with Gasteiger partial charge in [0.25, 0.3) is 11.8 Å². The van der Waals surface area contributed by atoms with Crippen molar-refractivity contribution in [3.8, 4) is 5.75 Å². The van der Waals surface area contributed by atoms with Crippen molar-refractivity contribution in [3.05, 3.63) is 94.9 Å². The zero-order valence-electron chi connectivity index (χ0n) is 17.7. The number of nitrogens with one attached hydrogen (secondary N) is 1. The van der Waals surface area contributed by atoms with Crippen LogP contribution >= 0.6 is 0 Å². The zero-order valence-corrected chi connectivity index (χ0v) is 17.7. The van der Waals surface area contributed by atoms with Crippen LogP contribution in [0.1, 0.15) is 22.3 Å². The molecule has 0 radical (unpaired) electrons. The summed E-state index contributed by atoms with van der Waals surface area (Å²) >= 11 is 0. The normalized spacial score (nSPS) is 13.7. The number of carbonyl (C=O) groups excluding carboxylic acids is 2. The van der Waals surface area contributed by atoms with Gasteiger partial charge in [0.15, 0.2) is 0 Å². The molecule has 0 fully saturated rings. The fourth-order valence-corrected chi connectivity index (χ4v) is 3.55. The number of nitrogens with zero attached hydrogens (tertiary/aromatic N) is 2. The SMILES string of the molecule is COc1ccc(C)cc1NC1=C(c2ccc(C)cc2)C(=O)N(Cc2ccncc2)C1=O. The van der Waals surface area contributed by atoms with Gasteiger partial charge in [-0.2, -0.15) is 0 Å². The fourth-order valence-electron chi connectivity index (χ4n) is 3.55. The number of anilines is 1. The average molecular weight is 413 g/mol. The number of pyridine rings is 1. The molecule has 1 aromatic heterocycles. The molecule has 3 aromatic rings. The van der Waals surface area contributed by atoms with Crippen molar-refractivity contribution in [1.29, 1.82) is 0 Å². The lowest BCUT2D eigenvalue weighted by atomic mass is 10.0. The van der Waals surface area contributed by atoms with E-state index in [9.17, 15) is 9.59 Å². The summed E-state index contributed by atoms with van der Waals surface area (Å²) in [5.74, 6) is -0.116. The molecule has 0 atom stereocenters. The topological polar surface area (TPSA) is 71.5 Å². The van der Waals surface area contributed by atoms with Gasteiger partial charge >= 0.3 is 0 Å². The van der Waals surface area contributed by atoms with Gasteiger partial charge in [-0.05, 0) is 54.8 Å². The van der Waals surface area contributed by atoms with E-state index in [-0.39, 0.29) is 24.1 Å². The molecule has 2 amide bonds. The van der Waals surface area contributed by atoms with Crippen LogP contribution < -0.4 is 10.1 Å². The molecule has 156 valence electrons. The van der Waals surface area contributed by atoms with Gasteiger partial charge in [0, 0.05) is 12.4 Å². The van der Waals surface area contributed by atoms with Crippen LogP contribution in [0.15, 0.2) is 72.7 Å². The second kappa shape index (κ2) is 8.44. The van der Waals surface area contributed by atoms with E-state index in [2.05, 4.69) is 10.3 Å². The molecule has 6 heteroatoms. The van der Waals surface area contributed by atoms with E-state index in [1.54, 1.807) is 31.6 Å². The first-order valence-corrected chi connectivity index (χ1v) is 9.96. The van der Waals surface area contributed by atoms with Gasteiger partial charge in [-0.1, -0.05) is 35.9 Å². The van der Waals surface area contributed by atoms with Gasteiger partial charge in [0.2, 0.25) is 0 Å². The fraction of sp³-hybridized carbons (Fsp3) is 0.160. The number of hydrogen-bond donors (Lipinski definition) is 1. The Hall–Kier alpha value is -3.93. The zero-order chi connectivity index (χ0) is 22.0. The van der Waals surface area contributed by atoms with E-state index in [0.717, 1.165) is 16.7 Å². The Balaban J connectivity index is 1.78. The second-order valence-electron chi connectivity index (χ2n) is 7.50. The predicted molar refractivity (Wildman–Crippen MR) is 119 cm³/mol. The number of rotatable bonds is 6. The lowest BCUT2D eigenvalue weighted by Gasteiger charge is -2.16. The van der Waals surface area contributed by atoms with Crippen molar-refractivity contribution in [2.75, 3.05) is 12.4 Å². The molecule has 1 N–H and O–H groups in total. The third kappa shape index (κ3) is 4.05. The summed E-state index contributed by atoms with van der Waals surface area (Å²) in [5, 5.41) is 3.19. The number of amides is 2. The molecule has 0 bridgehead atoms. The Morgan fingerprint density at radius 2 is 1.58 bits per heavy atom. The number of hydrogen-bond acceptors (Lipinski definition) is 5. The lowest BCUT2D eigenvalue weighted by Crippen LogP contribution is -2.32. The third-order valence-electron chi connectivity index (χ3n) is 5.21. The van der Waals surface area contributed by atoms with E-state index in [4.69, 9.17) is 4.74 Å². The number of aryl methyl sites for hydroxylation is 2. The Kier molecular flexibility index (Phi) is 5.54. The smallest absolute Gasteiger partial charge is 0.278 e. The highest BCUT2D eigenvalue weighted by Crippen LogP contribution is 2.34. The van der Waals surface area contributed by atoms with Crippen molar-refractivity contribution in [2.45, 2.75) is 20.4 Å². The summed E-state index contributed by atoms with van der Waals surface area (Å²) < 4.78 is 5.45. The second-order valence-corrected chi connectivity index (χ2v) is 7.50. The van der Waals surface area contributed by atoms with Crippen molar-refractivity contribution >= 4 is 23.1 Å². The Labute approximate surface area is 181 Å². The monoisotopic (exact) mass is 413 g/mol. The molecule has 0 unspecified atom stereocenters. The first-order chi connectivity index (χ1) is 15.0. The quantitative estimate of drug-likeness (QED) is 0.616. The van der Waals surface area contributed by atoms with Gasteiger partial charge in [0.05, 0.1) is 24.9 Å². The van der Waals surface area contributed by atoms with Crippen LogP contribution in [0.25, 0.3) is 5.57 Å². The molecule has 1 aliphatic rings. The molecule has 31 heavy (non-hydrogen) atoms. The Bertz CT molecular complexity index is 1170. The number of imide groups is 1. The highest BCUT2D eigenvalue weighted by Gasteiger charge is 2.39. The maximum Gasteiger partial charge on any atom is 0.278 e. The first-order valence-electron chi connectivity index (χ1n) is 9.96. The molecule has 6 nitrogen and oxygen atoms in total. The standard InChI is InChI=1S/C25H23N3O3/c1-16-4-7-19(8-5-16)22-23(27-20-14-17(2)6-9-21(20)31-3)25(30)28(24(22)29)15-18-10-12-26-13-11-18/h4-14,27H,15H2,1-3H3. The van der Waals surface area contributed by atoms with Gasteiger partial charge in [-0.15, -0.1) is 0 Å². The molecule has 2 aromatic carbocycles. The molecule has 0 aliphatic carbocycles. The van der Waals surface area contributed by atoms with Crippen LogP contribution in [0.3, 0.4) is 0 Å². The highest BCUT2D eigenvalue weighted by atomic mass is 16.5. The van der Waals surface area contributed by atoms with Crippen LogP contribution in [0.2, 0.25) is 0 Å². The first kappa shape index (κ1) is 20.3. The molecular formula is C25H23N3O3. The minimum Gasteiger partial charge on any atom is -0.495 e. The molecule has 2 heterocycles. The maximum atomic E-state index is 13.4. The molecular weight excluding hydrogens is 390 g/mol. The van der Waals surface area contributed by atoms with Crippen LogP contribution in [-0.2, 0) is 16.1 Å². The molecule has 1 aliphatic heterocycles. The number of methoxy groups -OCH3 is 1. The van der Waals surface area contributed by atoms with Gasteiger partial charge in [-0.25, -0.2) is 0 Å². The number of benzene rings is 2. The van der Waals surface area contributed by atoms with Gasteiger partial charge in [-0.3, -0.25) is 19.5 Å². The van der Waals surface area contributed by atoms with E-state index in [0.29, 0.717) is 22.6 Å². The summed E-state index contributed by atoms with van der Waals surface area (Å²) in [6, 6.07) is 16.8. The Morgan fingerprint density at radius 1 is 0.903 bits per heavy atom. The van der Waals surface area contributed by atoms with E-state index in [1.165, 1.54) is 4.90 Å². The summed E-state index contributed by atoms with van der Waals surface area (Å²) in [4.78, 5) is 32.0. The summed E-state index contributed by atoms with van der Waals surface area (Å²) in [6.45, 7) is 4.11. The molecule has 0 spiro atoms. The van der Waals surface area contributed by atoms with Gasteiger partial charge < -0.3 is 10.1 Å². The van der Waals surface area contributed by atoms with Gasteiger partial charge in [0.1, 0.15) is 11.4 Å². The van der Waals surface area contributed by atoms with Crippen molar-refractivity contribution in [2.24, 2.45) is 0 Å². The number of ether oxygens (including phenoxy) is 1. The maximum absolute atomic E-state index is 13.4. The predicted octanol–water partition coefficient (Wildman–Crippen LogP) is 4.10. The third-order valence-corrected chi connectivity index (χ3v) is 5.21. The van der Waals surface area contributed by atoms with E-state index in [1.807, 2.05) is 56.3 Å². The Morgan fingerprint density at radius 3 is 2.26 bits per heavy atom.